The number of hydrogen-bond donors (Lipinski definition) is 2. The van der Waals surface area contributed by atoms with Gasteiger partial charge in [0, 0.05) is 19.2 Å². The van der Waals surface area contributed by atoms with E-state index in [1.165, 1.54) is 12.1 Å². The molecule has 0 saturated carbocycles. The molecule has 1 fully saturated rings. The van der Waals surface area contributed by atoms with E-state index < -0.39 is 34.9 Å². The van der Waals surface area contributed by atoms with Gasteiger partial charge in [0.15, 0.2) is 6.10 Å². The molecule has 30 heavy (non-hydrogen) atoms. The number of nitro benzene ring substituents is 1. The van der Waals surface area contributed by atoms with Crippen LogP contribution in [0.4, 0.5) is 16.2 Å². The van der Waals surface area contributed by atoms with Crippen LogP contribution in [0.25, 0.3) is 0 Å². The average molecular weight is 420 g/mol. The fraction of sp³-hybridized carbons (Fsp3) is 0.550. The Morgan fingerprint density at radius 2 is 1.83 bits per heavy atom. The molecule has 3 amide bonds. The van der Waals surface area contributed by atoms with Gasteiger partial charge in [-0.1, -0.05) is 27.7 Å². The normalized spacial score (nSPS) is 19.8. The van der Waals surface area contributed by atoms with Gasteiger partial charge < -0.3 is 15.4 Å². The molecular weight excluding hydrogens is 392 g/mol. The van der Waals surface area contributed by atoms with Gasteiger partial charge in [0.2, 0.25) is 0 Å². The molecule has 2 rings (SSSR count). The third-order valence-corrected chi connectivity index (χ3v) is 4.96. The Morgan fingerprint density at radius 1 is 1.23 bits per heavy atom. The largest absolute Gasteiger partial charge is 0.448 e. The first-order valence-electron chi connectivity index (χ1n) is 9.84. The number of urea groups is 1. The summed E-state index contributed by atoms with van der Waals surface area (Å²) < 4.78 is 5.22. The Morgan fingerprint density at radius 3 is 2.33 bits per heavy atom. The zero-order chi connectivity index (χ0) is 22.6. The van der Waals surface area contributed by atoms with E-state index >= 15 is 0 Å². The third kappa shape index (κ3) is 5.68. The SMILES string of the molecule is CC1CC(C)CN(c2ccc(C(=O)OC(C(=O)NC(N)=O)C(C)C)cc2[N+](=O)[O-])C1. The number of nitrogens with one attached hydrogen (secondary N) is 1. The topological polar surface area (TPSA) is 145 Å². The van der Waals surface area contributed by atoms with Crippen molar-refractivity contribution >= 4 is 29.3 Å². The fourth-order valence-corrected chi connectivity index (χ4v) is 3.79. The molecule has 0 aliphatic carbocycles. The second kappa shape index (κ2) is 9.55. The molecule has 3 unspecified atom stereocenters. The number of nitrogens with two attached hydrogens (primary N) is 1. The van der Waals surface area contributed by atoms with Crippen molar-refractivity contribution in [2.75, 3.05) is 18.0 Å². The average Bonchev–Trinajstić information content (AvgIpc) is 2.63. The van der Waals surface area contributed by atoms with Crippen LogP contribution in [0.3, 0.4) is 0 Å². The Balaban J connectivity index is 2.28. The molecule has 1 heterocycles. The number of piperidine rings is 1. The number of nitrogens with zero attached hydrogens (tertiary/aromatic N) is 2. The highest BCUT2D eigenvalue weighted by Crippen LogP contribution is 2.34. The third-order valence-electron chi connectivity index (χ3n) is 4.96. The maximum absolute atomic E-state index is 12.6. The lowest BCUT2D eigenvalue weighted by Crippen LogP contribution is -2.45. The second-order valence-corrected chi connectivity index (χ2v) is 8.24. The summed E-state index contributed by atoms with van der Waals surface area (Å²) in [4.78, 5) is 48.6. The van der Waals surface area contributed by atoms with Crippen molar-refractivity contribution in [1.82, 2.24) is 5.32 Å². The molecule has 0 bridgehead atoms. The zero-order valence-electron chi connectivity index (χ0n) is 17.6. The van der Waals surface area contributed by atoms with Crippen LogP contribution >= 0.6 is 0 Å². The monoisotopic (exact) mass is 420 g/mol. The number of nitro groups is 1. The fourth-order valence-electron chi connectivity index (χ4n) is 3.79. The first-order valence-corrected chi connectivity index (χ1v) is 9.84. The van der Waals surface area contributed by atoms with Gasteiger partial charge in [-0.3, -0.25) is 20.2 Å². The van der Waals surface area contributed by atoms with Crippen LogP contribution < -0.4 is 16.0 Å². The Bertz CT molecular complexity index is 831. The molecular formula is C20H28N4O6. The van der Waals surface area contributed by atoms with Gasteiger partial charge >= 0.3 is 12.0 Å². The summed E-state index contributed by atoms with van der Waals surface area (Å²) in [6.07, 6.45) is -0.217. The van der Waals surface area contributed by atoms with E-state index in [1.807, 2.05) is 10.2 Å². The highest BCUT2D eigenvalue weighted by Gasteiger charge is 2.31. The molecule has 1 aromatic rings. The van der Waals surface area contributed by atoms with Gasteiger partial charge in [0.25, 0.3) is 11.6 Å². The van der Waals surface area contributed by atoms with Gasteiger partial charge in [0.05, 0.1) is 10.5 Å². The number of amides is 3. The lowest BCUT2D eigenvalue weighted by molar-refractivity contribution is -0.384. The standard InChI is InChI=1S/C20H28N4O6/c1-11(2)17(18(25)22-20(21)27)30-19(26)14-5-6-15(16(8-14)24(28)29)23-9-12(3)7-13(4)10-23/h5-6,8,11-13,17H,7,9-10H2,1-4H3,(H3,21,22,25,27). The minimum Gasteiger partial charge on any atom is -0.448 e. The molecule has 0 aromatic heterocycles. The van der Waals surface area contributed by atoms with E-state index in [-0.39, 0.29) is 11.3 Å². The maximum atomic E-state index is 12.6. The number of rotatable bonds is 6. The highest BCUT2D eigenvalue weighted by molar-refractivity contribution is 5.98. The predicted octanol–water partition coefficient (Wildman–Crippen LogP) is 2.45. The van der Waals surface area contributed by atoms with E-state index in [1.54, 1.807) is 13.8 Å². The zero-order valence-corrected chi connectivity index (χ0v) is 17.6. The van der Waals surface area contributed by atoms with Gasteiger partial charge in [-0.15, -0.1) is 0 Å². The van der Waals surface area contributed by atoms with E-state index in [0.717, 1.165) is 12.5 Å². The van der Waals surface area contributed by atoms with Crippen LogP contribution in [-0.2, 0) is 9.53 Å². The van der Waals surface area contributed by atoms with Crippen molar-refractivity contribution in [3.63, 3.8) is 0 Å². The van der Waals surface area contributed by atoms with E-state index in [2.05, 4.69) is 13.8 Å². The smallest absolute Gasteiger partial charge is 0.339 e. The van der Waals surface area contributed by atoms with Crippen molar-refractivity contribution in [1.29, 1.82) is 0 Å². The van der Waals surface area contributed by atoms with Crippen molar-refractivity contribution in [2.24, 2.45) is 23.5 Å². The molecule has 3 atom stereocenters. The number of esters is 1. The van der Waals surface area contributed by atoms with Crippen LogP contribution in [0.2, 0.25) is 0 Å². The van der Waals surface area contributed by atoms with E-state index in [0.29, 0.717) is 30.6 Å². The first-order chi connectivity index (χ1) is 14.0. The summed E-state index contributed by atoms with van der Waals surface area (Å²) in [5.74, 6) is -1.40. The number of benzene rings is 1. The molecule has 3 N–H and O–H groups in total. The Hall–Kier alpha value is -3.17. The Kier molecular flexibility index (Phi) is 7.36. The van der Waals surface area contributed by atoms with Crippen LogP contribution in [0.15, 0.2) is 18.2 Å². The molecule has 1 aliphatic rings. The first kappa shape index (κ1) is 23.1. The van der Waals surface area contributed by atoms with Gasteiger partial charge in [-0.25, -0.2) is 9.59 Å². The Labute approximate surface area is 174 Å². The minimum absolute atomic E-state index is 0.0546. The predicted molar refractivity (Wildman–Crippen MR) is 110 cm³/mol. The number of anilines is 1. The van der Waals surface area contributed by atoms with Crippen LogP contribution in [-0.4, -0.2) is 42.0 Å². The highest BCUT2D eigenvalue weighted by atomic mass is 16.6. The molecule has 0 spiro atoms. The summed E-state index contributed by atoms with van der Waals surface area (Å²) >= 11 is 0. The minimum atomic E-state index is -1.27. The van der Waals surface area contributed by atoms with Gasteiger partial charge in [-0.05, 0) is 36.3 Å². The molecule has 164 valence electrons. The summed E-state index contributed by atoms with van der Waals surface area (Å²) in [6, 6.07) is 3.07. The molecule has 1 saturated heterocycles. The van der Waals surface area contributed by atoms with Crippen LogP contribution in [0.1, 0.15) is 44.5 Å². The number of carbonyl (C=O) groups excluding carboxylic acids is 3. The quantitative estimate of drug-likeness (QED) is 0.408. The van der Waals surface area contributed by atoms with E-state index in [9.17, 15) is 24.5 Å². The molecule has 0 radical (unpaired) electrons. The van der Waals surface area contributed by atoms with Crippen molar-refractivity contribution in [2.45, 2.75) is 40.2 Å². The number of primary amides is 1. The maximum Gasteiger partial charge on any atom is 0.339 e. The van der Waals surface area contributed by atoms with Gasteiger partial charge in [-0.2, -0.15) is 0 Å². The molecule has 10 heteroatoms. The molecule has 1 aliphatic heterocycles. The van der Waals surface area contributed by atoms with Crippen LogP contribution in [0.5, 0.6) is 0 Å². The number of ether oxygens (including phenoxy) is 1. The van der Waals surface area contributed by atoms with Crippen molar-refractivity contribution < 1.29 is 24.0 Å². The lowest BCUT2D eigenvalue weighted by atomic mass is 9.91. The number of imide groups is 1. The van der Waals surface area contributed by atoms with Gasteiger partial charge in [0.1, 0.15) is 5.69 Å². The molecule has 1 aromatic carbocycles. The van der Waals surface area contributed by atoms with Crippen molar-refractivity contribution in [3.05, 3.63) is 33.9 Å². The number of carbonyl (C=O) groups is 3. The molecule has 10 nitrogen and oxygen atoms in total. The van der Waals surface area contributed by atoms with Crippen LogP contribution in [0, 0.1) is 27.9 Å². The summed E-state index contributed by atoms with van der Waals surface area (Å²) in [7, 11) is 0. The van der Waals surface area contributed by atoms with Crippen molar-refractivity contribution in [3.8, 4) is 0 Å². The summed E-state index contributed by atoms with van der Waals surface area (Å²) in [6.45, 7) is 8.84. The summed E-state index contributed by atoms with van der Waals surface area (Å²) in [5, 5.41) is 13.6. The lowest BCUT2D eigenvalue weighted by Gasteiger charge is -2.36. The summed E-state index contributed by atoms with van der Waals surface area (Å²) in [5.41, 5.74) is 5.13. The van der Waals surface area contributed by atoms with E-state index in [4.69, 9.17) is 10.5 Å². The number of hydrogen-bond acceptors (Lipinski definition) is 7. The second-order valence-electron chi connectivity index (χ2n) is 8.24.